The molecule has 1 saturated carbocycles. The van der Waals surface area contributed by atoms with Gasteiger partial charge in [-0.15, -0.1) is 0 Å². The van der Waals surface area contributed by atoms with Gasteiger partial charge in [0, 0.05) is 0 Å². The van der Waals surface area contributed by atoms with Gasteiger partial charge >= 0.3 is 5.97 Å². The molecule has 1 aromatic carbocycles. The Labute approximate surface area is 116 Å². The fourth-order valence-electron chi connectivity index (χ4n) is 3.28. The summed E-state index contributed by atoms with van der Waals surface area (Å²) in [5.74, 6) is -2.01. The van der Waals surface area contributed by atoms with Crippen LogP contribution in [-0.2, 0) is 9.59 Å². The summed E-state index contributed by atoms with van der Waals surface area (Å²) in [5.41, 5.74) is 0.690. The van der Waals surface area contributed by atoms with E-state index in [1.54, 1.807) is 19.1 Å². The van der Waals surface area contributed by atoms with Crippen LogP contribution >= 0.6 is 0 Å². The fourth-order valence-corrected chi connectivity index (χ4v) is 3.28. The van der Waals surface area contributed by atoms with Crippen molar-refractivity contribution in [3.63, 3.8) is 0 Å². The number of fused-ring (bicyclic) bond motifs is 1. The number of carbonyl (C=O) groups is 3. The molecule has 5 heteroatoms. The van der Waals surface area contributed by atoms with Gasteiger partial charge in [-0.05, 0) is 30.0 Å². The Bertz CT molecular complexity index is 638. The Morgan fingerprint density at radius 3 is 2.25 bits per heavy atom. The first kappa shape index (κ1) is 12.8. The molecule has 1 heterocycles. The Hall–Kier alpha value is -2.17. The molecular formula is C15H15NO4. The lowest BCUT2D eigenvalue weighted by atomic mass is 10.0. The molecule has 1 aliphatic heterocycles. The summed E-state index contributed by atoms with van der Waals surface area (Å²) >= 11 is 0. The van der Waals surface area contributed by atoms with Gasteiger partial charge in [-0.3, -0.25) is 9.59 Å². The molecule has 3 rings (SSSR count). The summed E-state index contributed by atoms with van der Waals surface area (Å²) in [6.45, 7) is 5.44. The summed E-state index contributed by atoms with van der Waals surface area (Å²) in [7, 11) is 0. The number of amides is 2. The maximum Gasteiger partial charge on any atom is 0.336 e. The minimum Gasteiger partial charge on any atom is -0.478 e. The number of rotatable bonds is 2. The number of carboxylic acids is 1. The zero-order valence-electron chi connectivity index (χ0n) is 11.5. The van der Waals surface area contributed by atoms with Gasteiger partial charge in [-0.25, -0.2) is 9.69 Å². The van der Waals surface area contributed by atoms with Gasteiger partial charge in [0.05, 0.1) is 23.1 Å². The second-order valence-electron chi connectivity index (χ2n) is 6.04. The molecule has 2 amide bonds. The number of carbonyl (C=O) groups excluding carboxylic acids is 2. The Morgan fingerprint density at radius 1 is 1.20 bits per heavy atom. The molecule has 20 heavy (non-hydrogen) atoms. The van der Waals surface area contributed by atoms with Crippen LogP contribution in [0.4, 0.5) is 5.69 Å². The third kappa shape index (κ3) is 1.40. The number of aromatic carboxylic acids is 1. The van der Waals surface area contributed by atoms with Crippen molar-refractivity contribution >= 4 is 23.5 Å². The van der Waals surface area contributed by atoms with Crippen LogP contribution in [0.25, 0.3) is 0 Å². The summed E-state index contributed by atoms with van der Waals surface area (Å²) in [6.07, 6.45) is 0. The van der Waals surface area contributed by atoms with Crippen molar-refractivity contribution in [3.05, 3.63) is 29.3 Å². The van der Waals surface area contributed by atoms with E-state index < -0.39 is 5.97 Å². The highest BCUT2D eigenvalue weighted by atomic mass is 16.4. The largest absolute Gasteiger partial charge is 0.478 e. The number of benzene rings is 1. The van der Waals surface area contributed by atoms with Gasteiger partial charge in [0.1, 0.15) is 0 Å². The lowest BCUT2D eigenvalue weighted by Gasteiger charge is -2.22. The molecule has 1 aliphatic carbocycles. The SMILES string of the molecule is Cc1c(C(=O)O)cccc1N1C(=O)C2C(C1=O)C2(C)C. The standard InChI is InChI=1S/C15H15NO4/c1-7-8(14(19)20)5-4-6-9(7)16-12(17)10-11(13(16)18)15(10,2)3/h4-6,10-11H,1-3H3,(H,19,20). The smallest absolute Gasteiger partial charge is 0.336 e. The molecule has 1 saturated heterocycles. The van der Waals surface area contributed by atoms with E-state index >= 15 is 0 Å². The van der Waals surface area contributed by atoms with Crippen LogP contribution in [0.15, 0.2) is 18.2 Å². The van der Waals surface area contributed by atoms with Crippen LogP contribution in [0.3, 0.4) is 0 Å². The van der Waals surface area contributed by atoms with Crippen LogP contribution in [0.1, 0.15) is 29.8 Å². The predicted octanol–water partition coefficient (Wildman–Crippen LogP) is 1.84. The van der Waals surface area contributed by atoms with Gasteiger partial charge in [0.15, 0.2) is 0 Å². The second-order valence-corrected chi connectivity index (χ2v) is 6.04. The number of carboxylic acid groups (broad SMARTS) is 1. The van der Waals surface area contributed by atoms with E-state index in [4.69, 9.17) is 5.11 Å². The topological polar surface area (TPSA) is 74.7 Å². The summed E-state index contributed by atoms with van der Waals surface area (Å²) < 4.78 is 0. The minimum absolute atomic E-state index is 0.114. The van der Waals surface area contributed by atoms with E-state index in [0.717, 1.165) is 4.90 Å². The molecule has 0 spiro atoms. The molecular weight excluding hydrogens is 258 g/mol. The van der Waals surface area contributed by atoms with E-state index in [-0.39, 0.29) is 34.6 Å². The highest BCUT2D eigenvalue weighted by Gasteiger charge is 2.72. The average molecular weight is 273 g/mol. The Balaban J connectivity index is 2.05. The van der Waals surface area contributed by atoms with Crippen LogP contribution < -0.4 is 4.90 Å². The van der Waals surface area contributed by atoms with E-state index in [0.29, 0.717) is 11.3 Å². The van der Waals surface area contributed by atoms with Gasteiger partial charge in [0.2, 0.25) is 11.8 Å². The number of piperidine rings is 1. The minimum atomic E-state index is -1.06. The second kappa shape index (κ2) is 3.69. The third-order valence-corrected chi connectivity index (χ3v) is 4.58. The molecule has 1 N–H and O–H groups in total. The van der Waals surface area contributed by atoms with Gasteiger partial charge < -0.3 is 5.11 Å². The summed E-state index contributed by atoms with van der Waals surface area (Å²) in [6, 6.07) is 4.65. The summed E-state index contributed by atoms with van der Waals surface area (Å²) in [5, 5.41) is 9.12. The number of hydrogen-bond acceptors (Lipinski definition) is 3. The molecule has 0 bridgehead atoms. The van der Waals surface area contributed by atoms with Crippen molar-refractivity contribution in [3.8, 4) is 0 Å². The highest BCUT2D eigenvalue weighted by molar-refractivity contribution is 6.26. The number of anilines is 1. The fraction of sp³-hybridized carbons (Fsp3) is 0.400. The van der Waals surface area contributed by atoms with E-state index in [2.05, 4.69) is 0 Å². The molecule has 2 fully saturated rings. The van der Waals surface area contributed by atoms with Gasteiger partial charge in [-0.1, -0.05) is 19.9 Å². The van der Waals surface area contributed by atoms with Crippen LogP contribution in [0, 0.1) is 24.2 Å². The molecule has 5 nitrogen and oxygen atoms in total. The van der Waals surface area contributed by atoms with E-state index in [9.17, 15) is 14.4 Å². The molecule has 0 radical (unpaired) electrons. The molecule has 104 valence electrons. The normalized spacial score (nSPS) is 26.6. The zero-order valence-corrected chi connectivity index (χ0v) is 11.5. The average Bonchev–Trinajstić information content (AvgIpc) is 2.81. The Morgan fingerprint density at radius 2 is 1.75 bits per heavy atom. The number of hydrogen-bond donors (Lipinski definition) is 1. The molecule has 2 atom stereocenters. The van der Waals surface area contributed by atoms with Crippen LogP contribution in [0.5, 0.6) is 0 Å². The molecule has 2 unspecified atom stereocenters. The van der Waals surface area contributed by atoms with Crippen molar-refractivity contribution in [1.29, 1.82) is 0 Å². The lowest BCUT2D eigenvalue weighted by molar-refractivity contribution is -0.125. The lowest BCUT2D eigenvalue weighted by Crippen LogP contribution is -2.36. The van der Waals surface area contributed by atoms with Crippen molar-refractivity contribution in [2.45, 2.75) is 20.8 Å². The van der Waals surface area contributed by atoms with Gasteiger partial charge in [-0.2, -0.15) is 0 Å². The quantitative estimate of drug-likeness (QED) is 0.834. The first-order valence-electron chi connectivity index (χ1n) is 6.49. The van der Waals surface area contributed by atoms with Gasteiger partial charge in [0.25, 0.3) is 0 Å². The zero-order chi connectivity index (χ0) is 14.8. The number of nitrogens with zero attached hydrogens (tertiary/aromatic N) is 1. The van der Waals surface area contributed by atoms with Crippen LogP contribution in [-0.4, -0.2) is 22.9 Å². The van der Waals surface area contributed by atoms with E-state index in [1.807, 2.05) is 13.8 Å². The third-order valence-electron chi connectivity index (χ3n) is 4.58. The molecule has 1 aromatic rings. The Kier molecular flexibility index (Phi) is 2.37. The van der Waals surface area contributed by atoms with Crippen molar-refractivity contribution < 1.29 is 19.5 Å². The molecule has 2 aliphatic rings. The first-order chi connectivity index (χ1) is 9.28. The maximum absolute atomic E-state index is 12.4. The highest BCUT2D eigenvalue weighted by Crippen LogP contribution is 2.63. The first-order valence-corrected chi connectivity index (χ1v) is 6.49. The van der Waals surface area contributed by atoms with Crippen LogP contribution in [0.2, 0.25) is 0 Å². The van der Waals surface area contributed by atoms with Crippen molar-refractivity contribution in [1.82, 2.24) is 0 Å². The van der Waals surface area contributed by atoms with Crippen molar-refractivity contribution in [2.75, 3.05) is 4.90 Å². The number of imide groups is 1. The van der Waals surface area contributed by atoms with Crippen molar-refractivity contribution in [2.24, 2.45) is 17.3 Å². The predicted molar refractivity (Wildman–Crippen MR) is 71.4 cm³/mol. The summed E-state index contributed by atoms with van der Waals surface area (Å²) in [4.78, 5) is 37.0. The van der Waals surface area contributed by atoms with E-state index in [1.165, 1.54) is 6.07 Å². The monoisotopic (exact) mass is 273 g/mol. The maximum atomic E-state index is 12.4. The molecule has 0 aromatic heterocycles.